The summed E-state index contributed by atoms with van der Waals surface area (Å²) >= 11 is 0. The Balaban J connectivity index is 0.987. The van der Waals surface area contributed by atoms with Crippen LogP contribution in [0.1, 0.15) is 63.8 Å². The second-order valence-electron chi connectivity index (χ2n) is 17.2. The Bertz CT molecular complexity index is 2700. The molecule has 0 aromatic heterocycles. The SMILES string of the molecule is Cc1ccc(S(=O)(=O)NC(Cc2ccccc2)C(=O)NCc2cccc(-c3ccc(C4OC(CN(Cc5ccccc5)Cc5ccccc5)C(C)C(c5ccc(CO)cc5)O4)cc3)c2)cc1. The van der Waals surface area contributed by atoms with Crippen molar-refractivity contribution in [3.63, 3.8) is 0 Å². The molecule has 1 aliphatic heterocycles. The van der Waals surface area contributed by atoms with Crippen molar-refractivity contribution in [2.45, 2.75) is 75.9 Å². The number of carbonyl (C=O) groups is 1. The van der Waals surface area contributed by atoms with Gasteiger partial charge >= 0.3 is 0 Å². The lowest BCUT2D eigenvalue weighted by Gasteiger charge is -2.43. The van der Waals surface area contributed by atoms with Gasteiger partial charge in [-0.2, -0.15) is 4.72 Å². The third-order valence-corrected chi connectivity index (χ3v) is 13.7. The maximum Gasteiger partial charge on any atom is 0.241 e. The summed E-state index contributed by atoms with van der Waals surface area (Å²) in [5.74, 6) is -0.407. The Kier molecular flexibility index (Phi) is 15.3. The lowest BCUT2D eigenvalue weighted by Crippen LogP contribution is -2.47. The summed E-state index contributed by atoms with van der Waals surface area (Å²) < 4.78 is 43.3. The van der Waals surface area contributed by atoms with E-state index < -0.39 is 28.3 Å². The smallest absolute Gasteiger partial charge is 0.241 e. The average Bonchev–Trinajstić information content (AvgIpc) is 3.35. The fourth-order valence-corrected chi connectivity index (χ4v) is 9.66. The van der Waals surface area contributed by atoms with Gasteiger partial charge < -0.3 is 19.9 Å². The van der Waals surface area contributed by atoms with Crippen LogP contribution in [0.5, 0.6) is 0 Å². The van der Waals surface area contributed by atoms with Crippen LogP contribution in [0.2, 0.25) is 0 Å². The molecule has 8 rings (SSSR count). The Morgan fingerprint density at radius 2 is 1.21 bits per heavy atom. The quantitative estimate of drug-likeness (QED) is 0.0786. The molecular weight excluding hydrogens is 843 g/mol. The molecule has 0 aliphatic carbocycles. The van der Waals surface area contributed by atoms with Gasteiger partial charge in [0.2, 0.25) is 15.9 Å². The first-order valence-corrected chi connectivity index (χ1v) is 24.0. The summed E-state index contributed by atoms with van der Waals surface area (Å²) in [5, 5.41) is 12.8. The molecule has 7 aromatic carbocycles. The van der Waals surface area contributed by atoms with Gasteiger partial charge in [0.15, 0.2) is 6.29 Å². The molecule has 0 radical (unpaired) electrons. The van der Waals surface area contributed by atoms with Crippen LogP contribution in [0, 0.1) is 12.8 Å². The number of hydrogen-bond acceptors (Lipinski definition) is 7. The summed E-state index contributed by atoms with van der Waals surface area (Å²) in [6.45, 7) is 6.48. The van der Waals surface area contributed by atoms with Crippen molar-refractivity contribution in [3.05, 3.63) is 233 Å². The van der Waals surface area contributed by atoms with E-state index in [9.17, 15) is 18.3 Å². The van der Waals surface area contributed by atoms with E-state index in [1.54, 1.807) is 24.3 Å². The molecule has 338 valence electrons. The molecule has 1 aliphatic rings. The summed E-state index contributed by atoms with van der Waals surface area (Å²) in [7, 11) is -3.97. The van der Waals surface area contributed by atoms with Gasteiger partial charge in [-0.05, 0) is 76.1 Å². The highest BCUT2D eigenvalue weighted by atomic mass is 32.2. The number of sulfonamides is 1. The van der Waals surface area contributed by atoms with Crippen molar-refractivity contribution < 1.29 is 27.8 Å². The molecule has 0 saturated carbocycles. The Morgan fingerprint density at radius 1 is 0.636 bits per heavy atom. The number of nitrogens with one attached hydrogen (secondary N) is 2. The van der Waals surface area contributed by atoms with Gasteiger partial charge in [-0.1, -0.05) is 182 Å². The van der Waals surface area contributed by atoms with E-state index in [1.807, 2.05) is 110 Å². The molecule has 5 atom stereocenters. The highest BCUT2D eigenvalue weighted by molar-refractivity contribution is 7.89. The van der Waals surface area contributed by atoms with Gasteiger partial charge in [0.05, 0.1) is 23.7 Å². The zero-order valence-corrected chi connectivity index (χ0v) is 38.2. The molecule has 1 amide bonds. The van der Waals surface area contributed by atoms with Crippen molar-refractivity contribution in [2.75, 3.05) is 6.54 Å². The van der Waals surface area contributed by atoms with E-state index in [0.717, 1.165) is 57.6 Å². The first kappa shape index (κ1) is 46.3. The fourth-order valence-electron chi connectivity index (χ4n) is 8.47. The van der Waals surface area contributed by atoms with E-state index in [-0.39, 0.29) is 42.6 Å². The van der Waals surface area contributed by atoms with Crippen LogP contribution in [0.15, 0.2) is 193 Å². The van der Waals surface area contributed by atoms with Crippen molar-refractivity contribution in [1.82, 2.24) is 14.9 Å². The monoisotopic (exact) mass is 899 g/mol. The predicted octanol–water partition coefficient (Wildman–Crippen LogP) is 9.85. The van der Waals surface area contributed by atoms with Gasteiger partial charge in [0.1, 0.15) is 6.04 Å². The van der Waals surface area contributed by atoms with Crippen molar-refractivity contribution >= 4 is 15.9 Å². The molecule has 7 aromatic rings. The maximum absolute atomic E-state index is 13.8. The highest BCUT2D eigenvalue weighted by Crippen LogP contribution is 2.42. The summed E-state index contributed by atoms with van der Waals surface area (Å²) in [6.07, 6.45) is -0.870. The molecule has 5 unspecified atom stereocenters. The van der Waals surface area contributed by atoms with Gasteiger partial charge in [-0.15, -0.1) is 0 Å². The molecule has 3 N–H and O–H groups in total. The Hall–Kier alpha value is -6.24. The lowest BCUT2D eigenvalue weighted by molar-refractivity contribution is -0.276. The molecular formula is C56H57N3O6S. The predicted molar refractivity (Wildman–Crippen MR) is 259 cm³/mol. The van der Waals surface area contributed by atoms with E-state index in [1.165, 1.54) is 11.1 Å². The summed E-state index contributed by atoms with van der Waals surface area (Å²) in [6, 6.07) is 60.1. The molecule has 66 heavy (non-hydrogen) atoms. The minimum atomic E-state index is -3.97. The Labute approximate surface area is 389 Å². The number of aliphatic hydroxyl groups excluding tert-OH is 1. The van der Waals surface area contributed by atoms with Gasteiger partial charge in [-0.25, -0.2) is 8.42 Å². The number of benzene rings is 7. The third-order valence-electron chi connectivity index (χ3n) is 12.2. The molecule has 0 bridgehead atoms. The van der Waals surface area contributed by atoms with Crippen LogP contribution in [0.3, 0.4) is 0 Å². The van der Waals surface area contributed by atoms with Crippen LogP contribution in [-0.2, 0) is 57.0 Å². The second kappa shape index (κ2) is 21.8. The van der Waals surface area contributed by atoms with Gasteiger partial charge in [-0.3, -0.25) is 9.69 Å². The van der Waals surface area contributed by atoms with Crippen LogP contribution >= 0.6 is 0 Å². The summed E-state index contributed by atoms with van der Waals surface area (Å²) in [5.41, 5.74) is 9.83. The van der Waals surface area contributed by atoms with E-state index in [2.05, 4.69) is 82.5 Å². The van der Waals surface area contributed by atoms with Gasteiger partial charge in [0, 0.05) is 37.7 Å². The number of rotatable bonds is 18. The first-order valence-electron chi connectivity index (χ1n) is 22.5. The molecule has 9 nitrogen and oxygen atoms in total. The van der Waals surface area contributed by atoms with E-state index in [0.29, 0.717) is 6.54 Å². The zero-order chi connectivity index (χ0) is 45.9. The van der Waals surface area contributed by atoms with Crippen molar-refractivity contribution in [3.8, 4) is 11.1 Å². The second-order valence-corrected chi connectivity index (χ2v) is 18.9. The van der Waals surface area contributed by atoms with Crippen LogP contribution < -0.4 is 10.0 Å². The van der Waals surface area contributed by atoms with Crippen LogP contribution in [0.25, 0.3) is 11.1 Å². The standard InChI is InChI=1S/C56H57N3O6S/c1-40-21-31-51(32-22-40)66(62,63)58-52(34-42-13-6-3-7-14-42)55(61)57-35-46-19-12-20-50(33-46)47-27-29-49(30-28-47)56-64-53(41(2)54(65-56)48-25-23-45(39-60)24-26-48)38-59(36-43-15-8-4-9-16-43)37-44-17-10-5-11-18-44/h3-33,41,52-54,56,58,60H,34-39H2,1-2H3,(H,57,61). The number of nitrogens with zero attached hydrogens (tertiary/aromatic N) is 1. The molecule has 1 fully saturated rings. The molecule has 1 heterocycles. The number of hydrogen-bond donors (Lipinski definition) is 3. The molecule has 0 spiro atoms. The minimum Gasteiger partial charge on any atom is -0.392 e. The Morgan fingerprint density at radius 3 is 1.82 bits per heavy atom. The molecule has 10 heteroatoms. The number of aliphatic hydroxyl groups is 1. The number of carbonyl (C=O) groups excluding carboxylic acids is 1. The third kappa shape index (κ3) is 12.1. The maximum atomic E-state index is 13.8. The topological polar surface area (TPSA) is 117 Å². The zero-order valence-electron chi connectivity index (χ0n) is 37.4. The minimum absolute atomic E-state index is 0.0137. The normalized spacial score (nSPS) is 17.9. The number of aryl methyl sites for hydroxylation is 1. The van der Waals surface area contributed by atoms with Gasteiger partial charge in [0.25, 0.3) is 0 Å². The largest absolute Gasteiger partial charge is 0.392 e. The van der Waals surface area contributed by atoms with Crippen LogP contribution in [-0.4, -0.2) is 43.0 Å². The lowest BCUT2D eigenvalue weighted by atomic mass is 9.89. The molecule has 1 saturated heterocycles. The van der Waals surface area contributed by atoms with Crippen molar-refractivity contribution in [1.29, 1.82) is 0 Å². The number of ether oxygens (including phenoxy) is 2. The highest BCUT2D eigenvalue weighted by Gasteiger charge is 2.39. The van der Waals surface area contributed by atoms with Crippen LogP contribution in [0.4, 0.5) is 0 Å². The average molecular weight is 900 g/mol. The van der Waals surface area contributed by atoms with Crippen molar-refractivity contribution in [2.24, 2.45) is 5.92 Å². The van der Waals surface area contributed by atoms with E-state index in [4.69, 9.17) is 9.47 Å². The fraction of sp³-hybridized carbons (Fsp3) is 0.232. The first-order chi connectivity index (χ1) is 32.1. The summed E-state index contributed by atoms with van der Waals surface area (Å²) in [4.78, 5) is 16.3. The number of amides is 1. The van der Waals surface area contributed by atoms with E-state index >= 15 is 0 Å².